The standard InChI is InChI=1S/C28H42N2O3Si/c1-8-23(19-20-30-26(31)33-27(2,3)4)29-21-22-32-34(28(5,6)7,24-15-11-9-12-16-24)25-17-13-10-14-18-25/h8-18,23,29H,1,19-22H2,2-7H3,(H,30,31)/t23-/m1/s1. The Bertz CT molecular complexity index is 850. The van der Waals surface area contributed by atoms with Crippen LogP contribution in [0.1, 0.15) is 48.0 Å². The number of hydrogen-bond acceptors (Lipinski definition) is 4. The van der Waals surface area contributed by atoms with Crippen LogP contribution in [0.15, 0.2) is 73.3 Å². The Morgan fingerprint density at radius 3 is 1.91 bits per heavy atom. The van der Waals surface area contributed by atoms with Crippen LogP contribution in [0.5, 0.6) is 0 Å². The van der Waals surface area contributed by atoms with Crippen LogP contribution >= 0.6 is 0 Å². The van der Waals surface area contributed by atoms with Crippen molar-refractivity contribution < 1.29 is 14.0 Å². The van der Waals surface area contributed by atoms with Gasteiger partial charge in [-0.25, -0.2) is 4.79 Å². The van der Waals surface area contributed by atoms with E-state index in [1.54, 1.807) is 0 Å². The third-order valence-electron chi connectivity index (χ3n) is 5.65. The smallest absolute Gasteiger partial charge is 0.407 e. The van der Waals surface area contributed by atoms with Gasteiger partial charge >= 0.3 is 6.09 Å². The van der Waals surface area contributed by atoms with Crippen molar-refractivity contribution in [2.75, 3.05) is 19.7 Å². The zero-order chi connectivity index (χ0) is 25.2. The zero-order valence-corrected chi connectivity index (χ0v) is 22.7. The summed E-state index contributed by atoms with van der Waals surface area (Å²) in [6.45, 7) is 18.1. The Balaban J connectivity index is 2.03. The predicted octanol–water partition coefficient (Wildman–Crippen LogP) is 4.62. The Morgan fingerprint density at radius 2 is 1.47 bits per heavy atom. The van der Waals surface area contributed by atoms with E-state index in [0.29, 0.717) is 19.7 Å². The van der Waals surface area contributed by atoms with Gasteiger partial charge in [0.25, 0.3) is 8.32 Å². The number of carbonyl (C=O) groups excluding carboxylic acids is 1. The molecule has 0 unspecified atom stereocenters. The molecule has 0 aromatic heterocycles. The fourth-order valence-electron chi connectivity index (χ4n) is 4.16. The third-order valence-corrected chi connectivity index (χ3v) is 10.7. The molecule has 5 nitrogen and oxygen atoms in total. The van der Waals surface area contributed by atoms with Crippen LogP contribution in [-0.4, -0.2) is 45.7 Å². The minimum absolute atomic E-state index is 0.0507. The van der Waals surface area contributed by atoms with E-state index in [9.17, 15) is 4.79 Å². The van der Waals surface area contributed by atoms with Crippen LogP contribution in [0.4, 0.5) is 4.79 Å². The van der Waals surface area contributed by atoms with Gasteiger partial charge in [0, 0.05) is 25.7 Å². The molecular weight excluding hydrogens is 440 g/mol. The van der Waals surface area contributed by atoms with E-state index in [1.165, 1.54) is 10.4 Å². The second kappa shape index (κ2) is 12.3. The zero-order valence-electron chi connectivity index (χ0n) is 21.7. The summed E-state index contributed by atoms with van der Waals surface area (Å²) in [6, 6.07) is 21.4. The summed E-state index contributed by atoms with van der Waals surface area (Å²) in [5.41, 5.74) is -0.502. The summed E-state index contributed by atoms with van der Waals surface area (Å²) < 4.78 is 12.2. The number of carbonyl (C=O) groups is 1. The summed E-state index contributed by atoms with van der Waals surface area (Å²) in [5, 5.41) is 8.81. The van der Waals surface area contributed by atoms with Crippen LogP contribution in [0.25, 0.3) is 0 Å². The lowest BCUT2D eigenvalue weighted by atomic mass is 10.2. The van der Waals surface area contributed by atoms with Crippen molar-refractivity contribution in [3.05, 3.63) is 73.3 Å². The van der Waals surface area contributed by atoms with Crippen LogP contribution in [0.2, 0.25) is 5.04 Å². The van der Waals surface area contributed by atoms with Crippen molar-refractivity contribution in [3.63, 3.8) is 0 Å². The SMILES string of the molecule is C=C[C@H](CCNC(=O)OC(C)(C)C)NCCO[Si](c1ccccc1)(c1ccccc1)C(C)(C)C. The molecule has 0 aliphatic heterocycles. The maximum absolute atomic E-state index is 11.9. The number of benzene rings is 2. The average Bonchev–Trinajstić information content (AvgIpc) is 2.77. The molecule has 0 bridgehead atoms. The summed E-state index contributed by atoms with van der Waals surface area (Å²) in [4.78, 5) is 11.9. The van der Waals surface area contributed by atoms with Gasteiger partial charge in [-0.05, 0) is 42.6 Å². The highest BCUT2D eigenvalue weighted by Crippen LogP contribution is 2.36. The van der Waals surface area contributed by atoms with E-state index in [-0.39, 0.29) is 11.1 Å². The van der Waals surface area contributed by atoms with E-state index in [4.69, 9.17) is 9.16 Å². The first-order valence-electron chi connectivity index (χ1n) is 12.1. The number of nitrogens with one attached hydrogen (secondary N) is 2. The topological polar surface area (TPSA) is 59.6 Å². The number of alkyl carbamates (subject to hydrolysis) is 1. The molecule has 0 spiro atoms. The maximum atomic E-state index is 11.9. The van der Waals surface area contributed by atoms with Gasteiger partial charge in [-0.2, -0.15) is 0 Å². The van der Waals surface area contributed by atoms with Gasteiger partial charge in [0.05, 0.1) is 0 Å². The first-order valence-corrected chi connectivity index (χ1v) is 14.0. The Labute approximate surface area is 207 Å². The molecule has 0 heterocycles. The number of rotatable bonds is 11. The molecule has 0 fully saturated rings. The number of hydrogen-bond donors (Lipinski definition) is 2. The molecule has 0 saturated heterocycles. The van der Waals surface area contributed by atoms with E-state index >= 15 is 0 Å². The van der Waals surface area contributed by atoms with E-state index in [0.717, 1.165) is 6.42 Å². The highest BCUT2D eigenvalue weighted by atomic mass is 28.4. The van der Waals surface area contributed by atoms with Gasteiger partial charge in [0.2, 0.25) is 0 Å². The van der Waals surface area contributed by atoms with Crippen molar-refractivity contribution >= 4 is 24.8 Å². The van der Waals surface area contributed by atoms with Crippen molar-refractivity contribution in [3.8, 4) is 0 Å². The quantitative estimate of drug-likeness (QED) is 0.279. The lowest BCUT2D eigenvalue weighted by molar-refractivity contribution is 0.0526. The molecule has 34 heavy (non-hydrogen) atoms. The molecule has 0 radical (unpaired) electrons. The second-order valence-corrected chi connectivity index (χ2v) is 14.8. The first kappa shape index (κ1) is 27.8. The molecule has 186 valence electrons. The van der Waals surface area contributed by atoms with Gasteiger partial charge in [0.1, 0.15) is 5.60 Å². The summed E-state index contributed by atoms with van der Waals surface area (Å²) in [6.07, 6.45) is 2.20. The van der Waals surface area contributed by atoms with Crippen LogP contribution in [0.3, 0.4) is 0 Å². The fourth-order valence-corrected chi connectivity index (χ4v) is 8.72. The fraction of sp³-hybridized carbons (Fsp3) is 0.464. The molecule has 2 rings (SSSR count). The van der Waals surface area contributed by atoms with Crippen LogP contribution in [-0.2, 0) is 9.16 Å². The van der Waals surface area contributed by atoms with Crippen molar-refractivity contribution in [1.29, 1.82) is 0 Å². The molecular formula is C28H42N2O3Si. The van der Waals surface area contributed by atoms with Crippen LogP contribution in [0, 0.1) is 0 Å². The van der Waals surface area contributed by atoms with Gasteiger partial charge in [0.15, 0.2) is 0 Å². The van der Waals surface area contributed by atoms with Crippen molar-refractivity contribution in [1.82, 2.24) is 10.6 Å². The summed E-state index contributed by atoms with van der Waals surface area (Å²) in [7, 11) is -2.53. The first-order chi connectivity index (χ1) is 16.0. The molecule has 0 aliphatic rings. The Morgan fingerprint density at radius 1 is 0.941 bits per heavy atom. The normalized spacial score (nSPS) is 13.2. The van der Waals surface area contributed by atoms with Crippen LogP contribution < -0.4 is 21.0 Å². The summed E-state index contributed by atoms with van der Waals surface area (Å²) >= 11 is 0. The molecule has 2 aromatic rings. The van der Waals surface area contributed by atoms with E-state index < -0.39 is 20.0 Å². The molecule has 1 amide bonds. The largest absolute Gasteiger partial charge is 0.444 e. The number of ether oxygens (including phenoxy) is 1. The maximum Gasteiger partial charge on any atom is 0.407 e. The van der Waals surface area contributed by atoms with Gasteiger partial charge in [-0.15, -0.1) is 6.58 Å². The second-order valence-electron chi connectivity index (χ2n) is 10.5. The van der Waals surface area contributed by atoms with Gasteiger partial charge in [-0.3, -0.25) is 0 Å². The Hall–Kier alpha value is -2.41. The third kappa shape index (κ3) is 7.83. The van der Waals surface area contributed by atoms with Gasteiger partial charge in [-0.1, -0.05) is 87.5 Å². The molecule has 2 aromatic carbocycles. The molecule has 0 saturated carbocycles. The van der Waals surface area contributed by atoms with Crippen molar-refractivity contribution in [2.24, 2.45) is 0 Å². The average molecular weight is 483 g/mol. The lowest BCUT2D eigenvalue weighted by Crippen LogP contribution is -2.67. The monoisotopic (exact) mass is 482 g/mol. The van der Waals surface area contributed by atoms with E-state index in [1.807, 2.05) is 26.8 Å². The lowest BCUT2D eigenvalue weighted by Gasteiger charge is -2.43. The molecule has 1 atom stereocenters. The van der Waals surface area contributed by atoms with E-state index in [2.05, 4.69) is 98.6 Å². The minimum atomic E-state index is -2.53. The molecule has 0 aliphatic carbocycles. The summed E-state index contributed by atoms with van der Waals surface area (Å²) in [5.74, 6) is 0. The highest BCUT2D eigenvalue weighted by molar-refractivity contribution is 6.99. The predicted molar refractivity (Wildman–Crippen MR) is 144 cm³/mol. The van der Waals surface area contributed by atoms with Crippen molar-refractivity contribution in [2.45, 2.75) is 64.6 Å². The van der Waals surface area contributed by atoms with Gasteiger partial charge < -0.3 is 19.8 Å². The Kier molecular flexibility index (Phi) is 10.1. The highest BCUT2D eigenvalue weighted by Gasteiger charge is 2.49. The number of amides is 1. The molecule has 2 N–H and O–H groups in total. The minimum Gasteiger partial charge on any atom is -0.444 e. The molecule has 6 heteroatoms.